The molecule has 1 aliphatic heterocycles. The van der Waals surface area contributed by atoms with Crippen molar-refractivity contribution in [2.45, 2.75) is 56.6 Å². The Hall–Kier alpha value is -1.16. The van der Waals surface area contributed by atoms with E-state index in [2.05, 4.69) is 35.2 Å². The standard InChI is InChI=1S/C22H31NO2/c1-25-16-19-14-22(24,15-19)20-7-5-17(6-8-20)13-18-9-11-23(12-10-18)21-3-2-4-21/h5-8,13,19,21,24H,2-4,9-12,14-16H2,1H3. The van der Waals surface area contributed by atoms with Crippen molar-refractivity contribution in [2.75, 3.05) is 26.8 Å². The number of rotatable bonds is 5. The molecule has 3 heteroatoms. The lowest BCUT2D eigenvalue weighted by Gasteiger charge is -2.43. The molecule has 0 amide bonds. The fraction of sp³-hybridized carbons (Fsp3) is 0.636. The highest BCUT2D eigenvalue weighted by molar-refractivity contribution is 5.54. The summed E-state index contributed by atoms with van der Waals surface area (Å²) in [7, 11) is 1.73. The predicted molar refractivity (Wildman–Crippen MR) is 101 cm³/mol. The van der Waals surface area contributed by atoms with Gasteiger partial charge in [-0.2, -0.15) is 0 Å². The van der Waals surface area contributed by atoms with E-state index in [9.17, 15) is 5.11 Å². The second kappa shape index (κ2) is 7.22. The average molecular weight is 341 g/mol. The Labute approximate surface area is 151 Å². The second-order valence-corrected chi connectivity index (χ2v) is 8.31. The highest BCUT2D eigenvalue weighted by atomic mass is 16.5. The fourth-order valence-electron chi connectivity index (χ4n) is 4.68. The number of methoxy groups -OCH3 is 1. The monoisotopic (exact) mass is 341 g/mol. The number of likely N-dealkylation sites (tertiary alicyclic amines) is 1. The van der Waals surface area contributed by atoms with E-state index in [4.69, 9.17) is 4.74 Å². The molecule has 1 aromatic rings. The van der Waals surface area contributed by atoms with Crippen molar-refractivity contribution in [2.24, 2.45) is 5.92 Å². The number of hydrogen-bond donors (Lipinski definition) is 1. The maximum absolute atomic E-state index is 10.7. The van der Waals surface area contributed by atoms with Gasteiger partial charge in [-0.15, -0.1) is 0 Å². The van der Waals surface area contributed by atoms with Crippen LogP contribution in [-0.2, 0) is 10.3 Å². The minimum Gasteiger partial charge on any atom is -0.385 e. The third kappa shape index (κ3) is 3.69. The molecule has 0 spiro atoms. The van der Waals surface area contributed by atoms with Crippen LogP contribution in [0.2, 0.25) is 0 Å². The zero-order valence-corrected chi connectivity index (χ0v) is 15.4. The van der Waals surface area contributed by atoms with E-state index in [1.807, 2.05) is 0 Å². The molecule has 2 aliphatic carbocycles. The third-order valence-electron chi connectivity index (χ3n) is 6.51. The molecular weight excluding hydrogens is 310 g/mol. The van der Waals surface area contributed by atoms with Crippen molar-refractivity contribution in [1.82, 2.24) is 4.90 Å². The minimum atomic E-state index is -0.636. The number of hydrogen-bond acceptors (Lipinski definition) is 3. The summed E-state index contributed by atoms with van der Waals surface area (Å²) in [6.45, 7) is 3.22. The first-order valence-corrected chi connectivity index (χ1v) is 9.92. The molecule has 3 aliphatic rings. The van der Waals surface area contributed by atoms with Gasteiger partial charge in [0.25, 0.3) is 0 Å². The molecule has 3 nitrogen and oxygen atoms in total. The number of aliphatic hydroxyl groups is 1. The Morgan fingerprint density at radius 1 is 1.16 bits per heavy atom. The van der Waals surface area contributed by atoms with Gasteiger partial charge < -0.3 is 9.84 Å². The Morgan fingerprint density at radius 2 is 1.84 bits per heavy atom. The smallest absolute Gasteiger partial charge is 0.0903 e. The van der Waals surface area contributed by atoms with E-state index in [0.29, 0.717) is 5.92 Å². The largest absolute Gasteiger partial charge is 0.385 e. The van der Waals surface area contributed by atoms with Crippen molar-refractivity contribution in [3.63, 3.8) is 0 Å². The molecule has 0 unspecified atom stereocenters. The molecule has 25 heavy (non-hydrogen) atoms. The molecule has 1 saturated heterocycles. The van der Waals surface area contributed by atoms with Crippen LogP contribution in [0.4, 0.5) is 0 Å². The van der Waals surface area contributed by atoms with Crippen LogP contribution < -0.4 is 0 Å². The van der Waals surface area contributed by atoms with Gasteiger partial charge in [-0.3, -0.25) is 4.90 Å². The Kier molecular flexibility index (Phi) is 4.99. The Bertz CT molecular complexity index is 601. The second-order valence-electron chi connectivity index (χ2n) is 8.31. The molecule has 0 bridgehead atoms. The van der Waals surface area contributed by atoms with Crippen molar-refractivity contribution in [1.29, 1.82) is 0 Å². The quantitative estimate of drug-likeness (QED) is 0.880. The van der Waals surface area contributed by atoms with E-state index in [-0.39, 0.29) is 0 Å². The van der Waals surface area contributed by atoms with E-state index in [1.165, 1.54) is 50.8 Å². The van der Waals surface area contributed by atoms with Crippen LogP contribution in [0, 0.1) is 5.92 Å². The average Bonchev–Trinajstić information content (AvgIpc) is 2.54. The highest BCUT2D eigenvalue weighted by Gasteiger charge is 2.43. The summed E-state index contributed by atoms with van der Waals surface area (Å²) in [6, 6.07) is 9.44. The van der Waals surface area contributed by atoms with Gasteiger partial charge in [0.05, 0.1) is 5.60 Å². The van der Waals surface area contributed by atoms with Crippen molar-refractivity contribution < 1.29 is 9.84 Å². The lowest BCUT2D eigenvalue weighted by atomic mass is 9.67. The van der Waals surface area contributed by atoms with Gasteiger partial charge >= 0.3 is 0 Å². The van der Waals surface area contributed by atoms with Gasteiger partial charge in [-0.05, 0) is 55.6 Å². The van der Waals surface area contributed by atoms with Crippen molar-refractivity contribution in [3.8, 4) is 0 Å². The molecule has 0 radical (unpaired) electrons. The predicted octanol–water partition coefficient (Wildman–Crippen LogP) is 3.96. The lowest BCUT2D eigenvalue weighted by Crippen LogP contribution is -2.43. The van der Waals surface area contributed by atoms with Crippen LogP contribution in [0.5, 0.6) is 0 Å². The topological polar surface area (TPSA) is 32.7 Å². The van der Waals surface area contributed by atoms with Gasteiger partial charge in [0.15, 0.2) is 0 Å². The molecular formula is C22H31NO2. The van der Waals surface area contributed by atoms with E-state index < -0.39 is 5.60 Å². The zero-order valence-electron chi connectivity index (χ0n) is 15.4. The Morgan fingerprint density at radius 3 is 2.40 bits per heavy atom. The van der Waals surface area contributed by atoms with Crippen LogP contribution in [0.25, 0.3) is 6.08 Å². The highest BCUT2D eigenvalue weighted by Crippen LogP contribution is 2.45. The molecule has 1 heterocycles. The minimum absolute atomic E-state index is 0.498. The third-order valence-corrected chi connectivity index (χ3v) is 6.51. The van der Waals surface area contributed by atoms with Gasteiger partial charge in [0.2, 0.25) is 0 Å². The first-order chi connectivity index (χ1) is 12.2. The Balaban J connectivity index is 1.33. The van der Waals surface area contributed by atoms with Crippen LogP contribution in [0.15, 0.2) is 29.8 Å². The maximum atomic E-state index is 10.7. The molecule has 1 aromatic carbocycles. The normalized spacial score (nSPS) is 30.6. The fourth-order valence-corrected chi connectivity index (χ4v) is 4.68. The number of nitrogens with zero attached hydrogens (tertiary/aromatic N) is 1. The molecule has 0 aromatic heterocycles. The molecule has 3 fully saturated rings. The van der Waals surface area contributed by atoms with Crippen molar-refractivity contribution >= 4 is 6.08 Å². The van der Waals surface area contributed by atoms with Crippen LogP contribution in [-0.4, -0.2) is 42.9 Å². The summed E-state index contributed by atoms with van der Waals surface area (Å²) in [4.78, 5) is 2.69. The summed E-state index contributed by atoms with van der Waals surface area (Å²) in [5.41, 5.74) is 3.27. The summed E-state index contributed by atoms with van der Waals surface area (Å²) in [5.74, 6) is 0.498. The van der Waals surface area contributed by atoms with Gasteiger partial charge in [0, 0.05) is 32.8 Å². The van der Waals surface area contributed by atoms with Gasteiger partial charge in [-0.25, -0.2) is 0 Å². The zero-order chi connectivity index (χ0) is 17.3. The number of ether oxygens (including phenoxy) is 1. The van der Waals surface area contributed by atoms with Crippen LogP contribution >= 0.6 is 0 Å². The summed E-state index contributed by atoms with van der Waals surface area (Å²) in [5, 5.41) is 10.7. The van der Waals surface area contributed by atoms with Crippen LogP contribution in [0.3, 0.4) is 0 Å². The molecule has 136 valence electrons. The van der Waals surface area contributed by atoms with E-state index in [1.54, 1.807) is 12.7 Å². The summed E-state index contributed by atoms with van der Waals surface area (Å²) < 4.78 is 5.19. The van der Waals surface area contributed by atoms with Crippen molar-refractivity contribution in [3.05, 3.63) is 41.0 Å². The van der Waals surface area contributed by atoms with Gasteiger partial charge in [0.1, 0.15) is 0 Å². The van der Waals surface area contributed by atoms with E-state index >= 15 is 0 Å². The lowest BCUT2D eigenvalue weighted by molar-refractivity contribution is -0.0978. The molecule has 1 N–H and O–H groups in total. The summed E-state index contributed by atoms with van der Waals surface area (Å²) in [6.07, 6.45) is 10.7. The summed E-state index contributed by atoms with van der Waals surface area (Å²) >= 11 is 0. The SMILES string of the molecule is COCC1CC(O)(c2ccc(C=C3CCN(C4CCC4)CC3)cc2)C1. The van der Waals surface area contributed by atoms with Crippen LogP contribution in [0.1, 0.15) is 56.1 Å². The molecule has 0 atom stereocenters. The molecule has 2 saturated carbocycles. The maximum Gasteiger partial charge on any atom is 0.0903 e. The first-order valence-electron chi connectivity index (χ1n) is 9.92. The number of piperidine rings is 1. The van der Waals surface area contributed by atoms with E-state index in [0.717, 1.165) is 31.1 Å². The van der Waals surface area contributed by atoms with Gasteiger partial charge in [-0.1, -0.05) is 42.3 Å². The molecule has 4 rings (SSSR count). The first kappa shape index (κ1) is 17.3. The number of benzene rings is 1.